The van der Waals surface area contributed by atoms with Gasteiger partial charge in [0, 0.05) is 32.0 Å². The fourth-order valence-electron chi connectivity index (χ4n) is 3.58. The van der Waals surface area contributed by atoms with Crippen LogP contribution in [0.1, 0.15) is 11.9 Å². The lowest BCUT2D eigenvalue weighted by molar-refractivity contribution is -0.233. The van der Waals surface area contributed by atoms with Crippen LogP contribution < -0.4 is 10.6 Å². The largest absolute Gasteiger partial charge is 0.421 e. The Labute approximate surface area is 167 Å². The Kier molecular flexibility index (Phi) is 4.43. The lowest BCUT2D eigenvalue weighted by atomic mass is 10.3. The highest BCUT2D eigenvalue weighted by Crippen LogP contribution is 2.40. The van der Waals surface area contributed by atoms with Gasteiger partial charge in [0.25, 0.3) is 0 Å². The molecule has 0 bridgehead atoms. The van der Waals surface area contributed by atoms with E-state index in [0.717, 1.165) is 0 Å². The molecule has 30 heavy (non-hydrogen) atoms. The van der Waals surface area contributed by atoms with Gasteiger partial charge in [0.15, 0.2) is 22.8 Å². The smallest absolute Gasteiger partial charge is 0.378 e. The molecule has 0 aliphatic carbocycles. The maximum absolute atomic E-state index is 13.5. The number of nitrogens with two attached hydrogens (primary N) is 1. The summed E-state index contributed by atoms with van der Waals surface area (Å²) in [7, 11) is 0. The Morgan fingerprint density at radius 3 is 2.43 bits per heavy atom. The van der Waals surface area contributed by atoms with Crippen LogP contribution in [0.25, 0.3) is 22.6 Å². The summed E-state index contributed by atoms with van der Waals surface area (Å²) in [6.07, 6.45) is -3.75. The van der Waals surface area contributed by atoms with Crippen LogP contribution in [-0.4, -0.2) is 68.6 Å². The predicted molar refractivity (Wildman–Crippen MR) is 98.5 cm³/mol. The first-order valence-corrected chi connectivity index (χ1v) is 9.29. The summed E-state index contributed by atoms with van der Waals surface area (Å²) in [5.74, 6) is 0.595. The van der Waals surface area contributed by atoms with E-state index in [4.69, 9.17) is 15.2 Å². The zero-order valence-electron chi connectivity index (χ0n) is 15.6. The molecule has 0 unspecified atom stereocenters. The number of morpholine rings is 1. The number of halogens is 3. The van der Waals surface area contributed by atoms with Gasteiger partial charge in [0.05, 0.1) is 25.4 Å². The molecule has 2 N–H and O–H groups in total. The third kappa shape index (κ3) is 3.19. The first kappa shape index (κ1) is 18.9. The average molecular weight is 422 g/mol. The molecule has 0 spiro atoms. The second-order valence-electron chi connectivity index (χ2n) is 6.89. The molecule has 158 valence electrons. The van der Waals surface area contributed by atoms with E-state index in [-0.39, 0.29) is 30.7 Å². The molecule has 1 fully saturated rings. The van der Waals surface area contributed by atoms with Crippen LogP contribution in [0.4, 0.5) is 24.9 Å². The lowest BCUT2D eigenvalue weighted by Gasteiger charge is -2.28. The van der Waals surface area contributed by atoms with E-state index in [2.05, 4.69) is 24.9 Å². The number of ether oxygens (including phenoxy) is 2. The fourth-order valence-corrected chi connectivity index (χ4v) is 3.58. The van der Waals surface area contributed by atoms with Crippen LogP contribution in [0, 0.1) is 0 Å². The molecule has 0 aromatic carbocycles. The molecular weight excluding hydrogens is 405 g/mol. The summed E-state index contributed by atoms with van der Waals surface area (Å²) in [6.45, 7) is 2.13. The van der Waals surface area contributed by atoms with Crippen LogP contribution in [0.2, 0.25) is 0 Å². The minimum atomic E-state index is -4.58. The van der Waals surface area contributed by atoms with Crippen molar-refractivity contribution in [1.82, 2.24) is 29.5 Å². The topological polar surface area (TPSA) is 117 Å². The van der Waals surface area contributed by atoms with Gasteiger partial charge >= 0.3 is 6.18 Å². The molecule has 5 rings (SSSR count). The SMILES string of the molecule is Nc1ncc(-c2nc(N3CCOCC3)c3nc4n(c3n2)CCO[C@H]4C(F)(F)F)cn1. The van der Waals surface area contributed by atoms with Crippen molar-refractivity contribution < 1.29 is 22.6 Å². The van der Waals surface area contributed by atoms with Crippen molar-refractivity contribution >= 4 is 22.9 Å². The van der Waals surface area contributed by atoms with E-state index in [9.17, 15) is 13.2 Å². The number of hydrogen-bond acceptors (Lipinski definition) is 9. The second kappa shape index (κ2) is 7.02. The number of alkyl halides is 3. The molecule has 2 aliphatic rings. The molecule has 10 nitrogen and oxygen atoms in total. The van der Waals surface area contributed by atoms with Gasteiger partial charge in [-0.05, 0) is 0 Å². The minimum absolute atomic E-state index is 0.0973. The third-order valence-electron chi connectivity index (χ3n) is 4.98. The lowest BCUT2D eigenvalue weighted by Crippen LogP contribution is -2.37. The predicted octanol–water partition coefficient (Wildman–Crippen LogP) is 1.34. The average Bonchev–Trinajstić information content (AvgIpc) is 3.12. The van der Waals surface area contributed by atoms with E-state index in [0.29, 0.717) is 48.8 Å². The number of imidazole rings is 1. The number of hydrogen-bond donors (Lipinski definition) is 1. The van der Waals surface area contributed by atoms with E-state index < -0.39 is 12.3 Å². The molecule has 1 saturated heterocycles. The summed E-state index contributed by atoms with van der Waals surface area (Å²) in [5, 5.41) is 0. The van der Waals surface area contributed by atoms with Gasteiger partial charge < -0.3 is 24.7 Å². The number of nitrogens with zero attached hydrogens (tertiary/aromatic N) is 7. The molecule has 5 heterocycles. The Morgan fingerprint density at radius 2 is 1.73 bits per heavy atom. The van der Waals surface area contributed by atoms with E-state index >= 15 is 0 Å². The third-order valence-corrected chi connectivity index (χ3v) is 4.98. The Bertz CT molecular complexity index is 1080. The summed E-state index contributed by atoms with van der Waals surface area (Å²) < 4.78 is 52.4. The fraction of sp³-hybridized carbons (Fsp3) is 0.471. The standard InChI is InChI=1S/C17H17F3N8O2/c18-17(19,20)11-15-24-10-13(27-1-4-29-5-2-27)25-12(9-7-22-16(21)23-8-9)26-14(10)28(15)3-6-30-11/h7-8,11H,1-6H2,(H2,21,22,23)/t11-/m1/s1. The quantitative estimate of drug-likeness (QED) is 0.653. The van der Waals surface area contributed by atoms with Crippen molar-refractivity contribution in [3.8, 4) is 11.4 Å². The number of nitrogen functional groups attached to an aromatic ring is 1. The van der Waals surface area contributed by atoms with Crippen LogP contribution in [0.3, 0.4) is 0 Å². The Morgan fingerprint density at radius 1 is 1.00 bits per heavy atom. The van der Waals surface area contributed by atoms with Crippen molar-refractivity contribution in [2.75, 3.05) is 43.5 Å². The zero-order valence-corrected chi connectivity index (χ0v) is 15.6. The van der Waals surface area contributed by atoms with Crippen molar-refractivity contribution in [1.29, 1.82) is 0 Å². The first-order chi connectivity index (χ1) is 14.4. The van der Waals surface area contributed by atoms with E-state index in [1.54, 1.807) is 0 Å². The molecule has 1 atom stereocenters. The molecule has 0 radical (unpaired) electrons. The number of fused-ring (bicyclic) bond motifs is 3. The van der Waals surface area contributed by atoms with E-state index in [1.165, 1.54) is 17.0 Å². The number of aromatic nitrogens is 6. The maximum atomic E-state index is 13.5. The molecule has 2 aliphatic heterocycles. The molecular formula is C17H17F3N8O2. The zero-order chi connectivity index (χ0) is 20.9. The normalized spacial score (nSPS) is 19.8. The summed E-state index contributed by atoms with van der Waals surface area (Å²) in [4.78, 5) is 23.2. The maximum Gasteiger partial charge on any atom is 0.421 e. The van der Waals surface area contributed by atoms with E-state index in [1.807, 2.05) is 4.90 Å². The number of anilines is 2. The highest BCUT2D eigenvalue weighted by atomic mass is 19.4. The van der Waals surface area contributed by atoms with Gasteiger partial charge in [-0.2, -0.15) is 13.2 Å². The van der Waals surface area contributed by atoms with Crippen molar-refractivity contribution in [2.45, 2.75) is 18.8 Å². The van der Waals surface area contributed by atoms with Gasteiger partial charge in [-0.1, -0.05) is 0 Å². The minimum Gasteiger partial charge on any atom is -0.378 e. The molecule has 0 saturated carbocycles. The van der Waals surface area contributed by atoms with Gasteiger partial charge in [0.2, 0.25) is 12.1 Å². The number of rotatable bonds is 2. The highest BCUT2D eigenvalue weighted by Gasteiger charge is 2.47. The van der Waals surface area contributed by atoms with Gasteiger partial charge in [-0.25, -0.2) is 24.9 Å². The van der Waals surface area contributed by atoms with Crippen LogP contribution >= 0.6 is 0 Å². The van der Waals surface area contributed by atoms with Gasteiger partial charge in [0.1, 0.15) is 5.82 Å². The van der Waals surface area contributed by atoms with Gasteiger partial charge in [-0.3, -0.25) is 0 Å². The summed E-state index contributed by atoms with van der Waals surface area (Å²) >= 11 is 0. The summed E-state index contributed by atoms with van der Waals surface area (Å²) in [6, 6.07) is 0. The molecule has 3 aromatic heterocycles. The molecule has 3 aromatic rings. The van der Waals surface area contributed by atoms with Crippen LogP contribution in [0.5, 0.6) is 0 Å². The Balaban J connectivity index is 1.73. The first-order valence-electron chi connectivity index (χ1n) is 9.29. The molecule has 13 heteroatoms. The van der Waals surface area contributed by atoms with Crippen molar-refractivity contribution in [2.24, 2.45) is 0 Å². The monoisotopic (exact) mass is 422 g/mol. The van der Waals surface area contributed by atoms with Crippen LogP contribution in [-0.2, 0) is 16.0 Å². The summed E-state index contributed by atoms with van der Waals surface area (Å²) in [5.41, 5.74) is 6.66. The molecule has 0 amide bonds. The Hall–Kier alpha value is -3.06. The van der Waals surface area contributed by atoms with Crippen molar-refractivity contribution in [3.63, 3.8) is 0 Å². The highest BCUT2D eigenvalue weighted by molar-refractivity contribution is 5.86. The van der Waals surface area contributed by atoms with Gasteiger partial charge in [-0.15, -0.1) is 0 Å². The van der Waals surface area contributed by atoms with Crippen LogP contribution in [0.15, 0.2) is 12.4 Å². The van der Waals surface area contributed by atoms with Crippen molar-refractivity contribution in [3.05, 3.63) is 18.2 Å². The second-order valence-corrected chi connectivity index (χ2v) is 6.89.